The van der Waals surface area contributed by atoms with Gasteiger partial charge in [0, 0.05) is 5.39 Å². The van der Waals surface area contributed by atoms with Gasteiger partial charge in [0.25, 0.3) is 0 Å². The van der Waals surface area contributed by atoms with Crippen molar-refractivity contribution >= 4 is 43.4 Å². The van der Waals surface area contributed by atoms with Crippen molar-refractivity contribution in [2.24, 2.45) is 10.2 Å². The molecule has 4 rings (SSSR count). The van der Waals surface area contributed by atoms with E-state index in [0.29, 0.717) is 16.0 Å². The SMILES string of the molecule is Oc1c(/N=N/c2nc3ccccc3s2)[nH]c2cc(F)ccc12. The van der Waals surface area contributed by atoms with Gasteiger partial charge in [-0.15, -0.1) is 10.2 Å². The number of nitrogens with zero attached hydrogens (tertiary/aromatic N) is 3. The molecule has 0 radical (unpaired) electrons. The van der Waals surface area contributed by atoms with E-state index in [4.69, 9.17) is 0 Å². The van der Waals surface area contributed by atoms with Crippen molar-refractivity contribution in [2.45, 2.75) is 0 Å². The molecule has 2 aromatic heterocycles. The molecule has 22 heavy (non-hydrogen) atoms. The summed E-state index contributed by atoms with van der Waals surface area (Å²) in [5, 5.41) is 19.1. The summed E-state index contributed by atoms with van der Waals surface area (Å²) in [5.74, 6) is -0.261. The van der Waals surface area contributed by atoms with Gasteiger partial charge >= 0.3 is 0 Å². The topological polar surface area (TPSA) is 73.6 Å². The highest BCUT2D eigenvalue weighted by Crippen LogP contribution is 2.36. The van der Waals surface area contributed by atoms with Crippen molar-refractivity contribution in [3.8, 4) is 5.75 Å². The van der Waals surface area contributed by atoms with Crippen LogP contribution in [0.25, 0.3) is 21.1 Å². The second-order valence-electron chi connectivity index (χ2n) is 4.68. The zero-order valence-corrected chi connectivity index (χ0v) is 11.9. The molecule has 5 nitrogen and oxygen atoms in total. The van der Waals surface area contributed by atoms with Gasteiger partial charge in [-0.2, -0.15) is 0 Å². The van der Waals surface area contributed by atoms with Gasteiger partial charge in [0.05, 0.1) is 15.7 Å². The monoisotopic (exact) mass is 312 g/mol. The molecule has 0 saturated carbocycles. The summed E-state index contributed by atoms with van der Waals surface area (Å²) < 4.78 is 14.2. The number of H-pyrrole nitrogens is 1. The second kappa shape index (κ2) is 4.88. The first-order valence-corrected chi connectivity index (χ1v) is 7.30. The summed E-state index contributed by atoms with van der Waals surface area (Å²) in [7, 11) is 0. The first-order chi connectivity index (χ1) is 10.7. The lowest BCUT2D eigenvalue weighted by Gasteiger charge is -1.89. The molecule has 0 bridgehead atoms. The molecule has 0 spiro atoms. The minimum Gasteiger partial charge on any atom is -0.504 e. The summed E-state index contributed by atoms with van der Waals surface area (Å²) in [5.41, 5.74) is 1.32. The Kier molecular flexibility index (Phi) is 2.87. The van der Waals surface area contributed by atoms with Crippen LogP contribution in [0, 0.1) is 5.82 Å². The third-order valence-corrected chi connectivity index (χ3v) is 4.15. The Hall–Kier alpha value is -2.80. The van der Waals surface area contributed by atoms with Crippen molar-refractivity contribution in [2.75, 3.05) is 0 Å². The minimum atomic E-state index is -0.386. The van der Waals surface area contributed by atoms with Crippen LogP contribution in [0.15, 0.2) is 52.7 Å². The van der Waals surface area contributed by atoms with Gasteiger partial charge in [-0.1, -0.05) is 23.5 Å². The number of nitrogens with one attached hydrogen (secondary N) is 1. The molecule has 0 atom stereocenters. The van der Waals surface area contributed by atoms with Crippen LogP contribution in [0.2, 0.25) is 0 Å². The number of aromatic amines is 1. The number of aromatic hydroxyl groups is 1. The van der Waals surface area contributed by atoms with Crippen molar-refractivity contribution in [1.29, 1.82) is 0 Å². The molecule has 4 aromatic rings. The number of halogens is 1. The molecule has 0 fully saturated rings. The molecular weight excluding hydrogens is 303 g/mol. The van der Waals surface area contributed by atoms with Crippen LogP contribution in [-0.2, 0) is 0 Å². The van der Waals surface area contributed by atoms with E-state index in [1.165, 1.54) is 29.5 Å². The van der Waals surface area contributed by atoms with Gasteiger partial charge < -0.3 is 10.1 Å². The van der Waals surface area contributed by atoms with E-state index in [1.807, 2.05) is 24.3 Å². The van der Waals surface area contributed by atoms with E-state index < -0.39 is 0 Å². The quantitative estimate of drug-likeness (QED) is 0.509. The van der Waals surface area contributed by atoms with Gasteiger partial charge in [0.1, 0.15) is 5.82 Å². The number of benzene rings is 2. The Morgan fingerprint density at radius 3 is 2.86 bits per heavy atom. The fraction of sp³-hybridized carbons (Fsp3) is 0. The molecule has 0 aliphatic rings. The Labute approximate surface area is 127 Å². The second-order valence-corrected chi connectivity index (χ2v) is 5.69. The maximum Gasteiger partial charge on any atom is 0.231 e. The van der Waals surface area contributed by atoms with E-state index in [2.05, 4.69) is 20.2 Å². The highest BCUT2D eigenvalue weighted by atomic mass is 32.1. The number of hydrogen-bond acceptors (Lipinski definition) is 5. The number of para-hydroxylation sites is 1. The van der Waals surface area contributed by atoms with E-state index in [-0.39, 0.29) is 17.4 Å². The van der Waals surface area contributed by atoms with Crippen LogP contribution in [0.3, 0.4) is 0 Å². The van der Waals surface area contributed by atoms with Gasteiger partial charge in [0.2, 0.25) is 5.13 Å². The number of rotatable bonds is 2. The first kappa shape index (κ1) is 12.9. The zero-order chi connectivity index (χ0) is 15.1. The zero-order valence-electron chi connectivity index (χ0n) is 11.1. The number of thiazole rings is 1. The van der Waals surface area contributed by atoms with Crippen molar-refractivity contribution in [3.63, 3.8) is 0 Å². The molecule has 7 heteroatoms. The summed E-state index contributed by atoms with van der Waals surface area (Å²) in [6.07, 6.45) is 0. The van der Waals surface area contributed by atoms with Gasteiger partial charge in [-0.3, -0.25) is 0 Å². The van der Waals surface area contributed by atoms with Crippen LogP contribution >= 0.6 is 11.3 Å². The molecule has 2 N–H and O–H groups in total. The smallest absolute Gasteiger partial charge is 0.231 e. The van der Waals surface area contributed by atoms with Crippen LogP contribution in [0.1, 0.15) is 0 Å². The van der Waals surface area contributed by atoms with Crippen LogP contribution in [-0.4, -0.2) is 15.1 Å². The average Bonchev–Trinajstić information content (AvgIpc) is 3.06. The van der Waals surface area contributed by atoms with E-state index in [1.54, 1.807) is 0 Å². The van der Waals surface area contributed by atoms with Gasteiger partial charge in [-0.25, -0.2) is 9.37 Å². The average molecular weight is 312 g/mol. The first-order valence-electron chi connectivity index (χ1n) is 6.48. The van der Waals surface area contributed by atoms with E-state index in [9.17, 15) is 9.50 Å². The van der Waals surface area contributed by atoms with Crippen molar-refractivity contribution in [3.05, 3.63) is 48.3 Å². The standard InChI is InChI=1S/C15H9FN4OS/c16-8-5-6-9-11(7-8)17-14(13(9)21)19-20-15-18-10-3-1-2-4-12(10)22-15/h1-7,17,21H/b20-19+. The fourth-order valence-electron chi connectivity index (χ4n) is 2.21. The molecule has 2 heterocycles. The maximum atomic E-state index is 13.2. The van der Waals surface area contributed by atoms with Gasteiger partial charge in [0.15, 0.2) is 11.6 Å². The highest BCUT2D eigenvalue weighted by molar-refractivity contribution is 7.21. The van der Waals surface area contributed by atoms with Gasteiger partial charge in [-0.05, 0) is 30.3 Å². The molecule has 0 aliphatic carbocycles. The fourth-order valence-corrected chi connectivity index (χ4v) is 3.00. The lowest BCUT2D eigenvalue weighted by atomic mass is 10.2. The summed E-state index contributed by atoms with van der Waals surface area (Å²) >= 11 is 1.40. The lowest BCUT2D eigenvalue weighted by molar-refractivity contribution is 0.482. The minimum absolute atomic E-state index is 0.0557. The Morgan fingerprint density at radius 2 is 2.00 bits per heavy atom. The van der Waals surface area contributed by atoms with E-state index >= 15 is 0 Å². The Morgan fingerprint density at radius 1 is 1.14 bits per heavy atom. The Balaban J connectivity index is 1.74. The third-order valence-electron chi connectivity index (χ3n) is 3.23. The molecule has 0 unspecified atom stereocenters. The molecule has 0 saturated heterocycles. The van der Waals surface area contributed by atoms with Crippen molar-refractivity contribution in [1.82, 2.24) is 9.97 Å². The molecule has 108 valence electrons. The molecule has 2 aromatic carbocycles. The predicted molar refractivity (Wildman–Crippen MR) is 83.7 cm³/mol. The van der Waals surface area contributed by atoms with E-state index in [0.717, 1.165) is 10.2 Å². The largest absolute Gasteiger partial charge is 0.504 e. The van der Waals surface area contributed by atoms with Crippen molar-refractivity contribution < 1.29 is 9.50 Å². The predicted octanol–water partition coefficient (Wildman–Crippen LogP) is 5.04. The Bertz CT molecular complexity index is 988. The number of aromatic nitrogens is 2. The number of fused-ring (bicyclic) bond motifs is 2. The van der Waals surface area contributed by atoms with Crippen LogP contribution in [0.5, 0.6) is 5.75 Å². The van der Waals surface area contributed by atoms with Crippen LogP contribution < -0.4 is 0 Å². The number of hydrogen-bond donors (Lipinski definition) is 2. The molecular formula is C15H9FN4OS. The lowest BCUT2D eigenvalue weighted by Crippen LogP contribution is -1.71. The molecule has 0 amide bonds. The third kappa shape index (κ3) is 2.11. The summed E-state index contributed by atoms with van der Waals surface area (Å²) in [6.45, 7) is 0. The summed E-state index contributed by atoms with van der Waals surface area (Å²) in [4.78, 5) is 7.16. The highest BCUT2D eigenvalue weighted by Gasteiger charge is 2.11. The number of azo groups is 1. The maximum absolute atomic E-state index is 13.2. The normalized spacial score (nSPS) is 11.9. The summed E-state index contributed by atoms with van der Waals surface area (Å²) in [6, 6.07) is 11.8. The molecule has 0 aliphatic heterocycles. The van der Waals surface area contributed by atoms with Crippen LogP contribution in [0.4, 0.5) is 15.3 Å².